The number of aryl methyl sites for hydroxylation is 2. The molecule has 2 N–H and O–H groups in total. The number of aromatic nitrogens is 2. The van der Waals surface area contributed by atoms with Crippen molar-refractivity contribution in [2.24, 2.45) is 0 Å². The van der Waals surface area contributed by atoms with Crippen LogP contribution in [0.2, 0.25) is 0 Å². The van der Waals surface area contributed by atoms with Gasteiger partial charge in [-0.25, -0.2) is 0 Å². The summed E-state index contributed by atoms with van der Waals surface area (Å²) in [4.78, 5) is 13.7. The predicted molar refractivity (Wildman–Crippen MR) is 129 cm³/mol. The molecule has 7 heteroatoms. The third kappa shape index (κ3) is 6.33. The molecule has 31 heavy (non-hydrogen) atoms. The molecule has 1 heterocycles. The first kappa shape index (κ1) is 22.4. The fraction of sp³-hybridized carbons (Fsp3) is 0.333. The van der Waals surface area contributed by atoms with E-state index in [1.807, 2.05) is 37.4 Å². The summed E-state index contributed by atoms with van der Waals surface area (Å²) >= 11 is 0. The van der Waals surface area contributed by atoms with Crippen LogP contribution < -0.4 is 20.3 Å². The molecule has 0 unspecified atom stereocenters. The van der Waals surface area contributed by atoms with Gasteiger partial charge in [-0.3, -0.25) is 0 Å². The molecule has 0 aliphatic carbocycles. The molecule has 3 aromatic rings. The number of hydrogen-bond acceptors (Lipinski definition) is 7. The number of benzene rings is 2. The first-order chi connectivity index (χ1) is 14.8. The number of nitrogens with one attached hydrogen (secondary N) is 2. The van der Waals surface area contributed by atoms with Crippen LogP contribution in [0, 0.1) is 13.8 Å². The molecule has 0 saturated carbocycles. The summed E-state index contributed by atoms with van der Waals surface area (Å²) in [6, 6.07) is 16.0. The molecule has 2 aromatic carbocycles. The van der Waals surface area contributed by atoms with Crippen LogP contribution in [-0.4, -0.2) is 56.2 Å². The van der Waals surface area contributed by atoms with E-state index in [1.165, 1.54) is 5.56 Å². The van der Waals surface area contributed by atoms with Crippen LogP contribution in [0.25, 0.3) is 0 Å². The monoisotopic (exact) mass is 420 g/mol. The third-order valence-corrected chi connectivity index (χ3v) is 4.99. The van der Waals surface area contributed by atoms with Gasteiger partial charge in [0.25, 0.3) is 0 Å². The minimum Gasteiger partial charge on any atom is -0.497 e. The van der Waals surface area contributed by atoms with E-state index in [0.29, 0.717) is 5.95 Å². The molecule has 7 nitrogen and oxygen atoms in total. The van der Waals surface area contributed by atoms with Gasteiger partial charge in [-0.2, -0.15) is 9.97 Å². The van der Waals surface area contributed by atoms with Gasteiger partial charge in [0.2, 0.25) is 5.95 Å². The normalized spacial score (nSPS) is 10.8. The first-order valence-electron chi connectivity index (χ1n) is 10.3. The van der Waals surface area contributed by atoms with Crippen LogP contribution in [0.15, 0.2) is 48.5 Å². The molecular formula is C24H32N6O. The average Bonchev–Trinajstić information content (AvgIpc) is 2.75. The van der Waals surface area contributed by atoms with Crippen molar-refractivity contribution in [2.45, 2.75) is 13.8 Å². The number of anilines is 5. The van der Waals surface area contributed by atoms with Crippen LogP contribution in [-0.2, 0) is 0 Å². The van der Waals surface area contributed by atoms with Crippen LogP contribution in [0.5, 0.6) is 5.75 Å². The average molecular weight is 421 g/mol. The van der Waals surface area contributed by atoms with Crippen LogP contribution >= 0.6 is 0 Å². The molecule has 0 spiro atoms. The van der Waals surface area contributed by atoms with Crippen molar-refractivity contribution < 1.29 is 4.74 Å². The van der Waals surface area contributed by atoms with Gasteiger partial charge in [-0.05, 0) is 69.4 Å². The zero-order chi connectivity index (χ0) is 22.4. The van der Waals surface area contributed by atoms with Crippen molar-refractivity contribution in [1.29, 1.82) is 0 Å². The molecule has 0 fully saturated rings. The summed E-state index contributed by atoms with van der Waals surface area (Å²) in [5, 5.41) is 6.78. The van der Waals surface area contributed by atoms with E-state index in [0.717, 1.165) is 47.4 Å². The predicted octanol–water partition coefficient (Wildman–Crippen LogP) is 4.59. The smallest absolute Gasteiger partial charge is 0.231 e. The zero-order valence-corrected chi connectivity index (χ0v) is 19.2. The summed E-state index contributed by atoms with van der Waals surface area (Å²) in [5.74, 6) is 2.93. The van der Waals surface area contributed by atoms with Crippen molar-refractivity contribution >= 4 is 29.0 Å². The molecule has 0 aliphatic rings. The van der Waals surface area contributed by atoms with Crippen molar-refractivity contribution in [3.63, 3.8) is 0 Å². The Labute approximate surface area is 185 Å². The summed E-state index contributed by atoms with van der Waals surface area (Å²) in [6.07, 6.45) is 0. The number of likely N-dealkylation sites (N-methyl/N-ethyl adjacent to an activating group) is 2. The first-order valence-corrected chi connectivity index (χ1v) is 10.3. The van der Waals surface area contributed by atoms with Gasteiger partial charge >= 0.3 is 0 Å². The van der Waals surface area contributed by atoms with Crippen LogP contribution in [0.1, 0.15) is 11.1 Å². The van der Waals surface area contributed by atoms with Crippen LogP contribution in [0.4, 0.5) is 29.0 Å². The van der Waals surface area contributed by atoms with E-state index in [-0.39, 0.29) is 0 Å². The number of nitrogens with zero attached hydrogens (tertiary/aromatic N) is 4. The lowest BCUT2D eigenvalue weighted by Crippen LogP contribution is -2.29. The maximum atomic E-state index is 5.24. The van der Waals surface area contributed by atoms with Crippen molar-refractivity contribution in [1.82, 2.24) is 14.9 Å². The molecule has 0 radical (unpaired) electrons. The number of ether oxygens (including phenoxy) is 1. The highest BCUT2D eigenvalue weighted by Gasteiger charge is 2.11. The minimum atomic E-state index is 0.534. The molecule has 0 atom stereocenters. The van der Waals surface area contributed by atoms with Crippen molar-refractivity contribution in [3.8, 4) is 5.75 Å². The Bertz CT molecular complexity index is 1000. The summed E-state index contributed by atoms with van der Waals surface area (Å²) in [5.41, 5.74) is 4.29. The topological polar surface area (TPSA) is 65.6 Å². The quantitative estimate of drug-likeness (QED) is 0.525. The van der Waals surface area contributed by atoms with E-state index in [9.17, 15) is 0 Å². The van der Waals surface area contributed by atoms with Gasteiger partial charge in [-0.15, -0.1) is 0 Å². The Morgan fingerprint density at radius 1 is 0.871 bits per heavy atom. The highest BCUT2D eigenvalue weighted by atomic mass is 16.5. The van der Waals surface area contributed by atoms with Gasteiger partial charge in [-0.1, -0.05) is 12.1 Å². The number of rotatable bonds is 9. The Morgan fingerprint density at radius 3 is 2.29 bits per heavy atom. The van der Waals surface area contributed by atoms with Gasteiger partial charge < -0.3 is 25.2 Å². The second-order valence-electron chi connectivity index (χ2n) is 7.96. The van der Waals surface area contributed by atoms with E-state index in [4.69, 9.17) is 14.7 Å². The molecule has 3 rings (SSSR count). The highest BCUT2D eigenvalue weighted by molar-refractivity contribution is 5.66. The fourth-order valence-corrected chi connectivity index (χ4v) is 3.03. The highest BCUT2D eigenvalue weighted by Crippen LogP contribution is 2.26. The molecule has 0 amide bonds. The third-order valence-electron chi connectivity index (χ3n) is 4.99. The minimum absolute atomic E-state index is 0.534. The summed E-state index contributed by atoms with van der Waals surface area (Å²) < 4.78 is 5.24. The fourth-order valence-electron chi connectivity index (χ4n) is 3.03. The lowest BCUT2D eigenvalue weighted by molar-refractivity contribution is 0.415. The lowest BCUT2D eigenvalue weighted by Gasteiger charge is -2.22. The number of methoxy groups -OCH3 is 1. The second kappa shape index (κ2) is 10.1. The van der Waals surface area contributed by atoms with E-state index < -0.39 is 0 Å². The molecular weight excluding hydrogens is 388 g/mol. The molecule has 164 valence electrons. The zero-order valence-electron chi connectivity index (χ0n) is 19.2. The van der Waals surface area contributed by atoms with E-state index in [1.54, 1.807) is 7.11 Å². The van der Waals surface area contributed by atoms with Gasteiger partial charge in [0.15, 0.2) is 0 Å². The van der Waals surface area contributed by atoms with Gasteiger partial charge in [0.05, 0.1) is 7.11 Å². The molecule has 0 saturated heterocycles. The van der Waals surface area contributed by atoms with Gasteiger partial charge in [0, 0.05) is 37.6 Å². The molecule has 0 aliphatic heterocycles. The Hall–Kier alpha value is -3.32. The van der Waals surface area contributed by atoms with Gasteiger partial charge in [0.1, 0.15) is 17.4 Å². The Balaban J connectivity index is 1.91. The molecule has 1 aromatic heterocycles. The van der Waals surface area contributed by atoms with Crippen LogP contribution in [0.3, 0.4) is 0 Å². The summed E-state index contributed by atoms with van der Waals surface area (Å²) in [7, 11) is 7.84. The second-order valence-corrected chi connectivity index (χ2v) is 7.96. The largest absolute Gasteiger partial charge is 0.497 e. The summed E-state index contributed by atoms with van der Waals surface area (Å²) in [6.45, 7) is 5.96. The van der Waals surface area contributed by atoms with Crippen molar-refractivity contribution in [3.05, 3.63) is 59.7 Å². The molecule has 0 bridgehead atoms. The van der Waals surface area contributed by atoms with E-state index >= 15 is 0 Å². The Kier molecular flexibility index (Phi) is 7.31. The van der Waals surface area contributed by atoms with E-state index in [2.05, 4.69) is 66.6 Å². The lowest BCUT2D eigenvalue weighted by atomic mass is 10.1. The van der Waals surface area contributed by atoms with Crippen molar-refractivity contribution in [2.75, 3.05) is 56.9 Å². The standard InChI is InChI=1S/C24H32N6O/c1-17-7-8-18(2)21(15-17)26-22-16-23(30(5)14-13-29(3)4)28-24(27-22)25-19-9-11-20(31-6)12-10-19/h7-12,15-16H,13-14H2,1-6H3,(H2,25,26,27,28). The SMILES string of the molecule is COc1ccc(Nc2nc(Nc3cc(C)ccc3C)cc(N(C)CCN(C)C)n2)cc1. The number of hydrogen-bond donors (Lipinski definition) is 2. The Morgan fingerprint density at radius 2 is 1.61 bits per heavy atom. The maximum absolute atomic E-state index is 5.24. The maximum Gasteiger partial charge on any atom is 0.231 e.